The zero-order valence-corrected chi connectivity index (χ0v) is 12.5. The molecule has 1 aliphatic rings. The van der Waals surface area contributed by atoms with Gasteiger partial charge >= 0.3 is 0 Å². The van der Waals surface area contributed by atoms with Gasteiger partial charge in [0.1, 0.15) is 0 Å². The quantitative estimate of drug-likeness (QED) is 0.788. The van der Waals surface area contributed by atoms with Gasteiger partial charge < -0.3 is 9.32 Å². The number of oxazole rings is 1. The van der Waals surface area contributed by atoms with Crippen LogP contribution in [0.25, 0.3) is 0 Å². The molecular weight excluding hydrogens is 296 g/mol. The molecular formula is C13H19BrN2O2. The standard InChI is InChI=1S/C13H19BrN2O2/c1-9-12(18-10(2)15-9)13(17)16-7-5-3-4-6-11(16)8-14/h11H,3-8H2,1-2H3. The lowest BCUT2D eigenvalue weighted by Gasteiger charge is -2.27. The maximum Gasteiger partial charge on any atom is 0.291 e. The van der Waals surface area contributed by atoms with Gasteiger partial charge in [0.25, 0.3) is 5.91 Å². The van der Waals surface area contributed by atoms with Crippen LogP contribution in [-0.4, -0.2) is 33.7 Å². The summed E-state index contributed by atoms with van der Waals surface area (Å²) in [6, 6.07) is 0.268. The van der Waals surface area contributed by atoms with E-state index in [4.69, 9.17) is 4.42 Å². The van der Waals surface area contributed by atoms with Gasteiger partial charge in [-0.1, -0.05) is 28.8 Å². The molecule has 18 heavy (non-hydrogen) atoms. The van der Waals surface area contributed by atoms with Gasteiger partial charge in [0.15, 0.2) is 5.89 Å². The van der Waals surface area contributed by atoms with E-state index >= 15 is 0 Å². The Morgan fingerprint density at radius 1 is 1.44 bits per heavy atom. The second-order valence-electron chi connectivity index (χ2n) is 4.80. The summed E-state index contributed by atoms with van der Waals surface area (Å²) in [5, 5.41) is 0.824. The first-order chi connectivity index (χ1) is 8.63. The fourth-order valence-corrected chi connectivity index (χ4v) is 3.14. The maximum atomic E-state index is 12.5. The summed E-state index contributed by atoms with van der Waals surface area (Å²) in [5.41, 5.74) is 0.690. The number of amides is 1. The molecule has 1 aliphatic heterocycles. The Balaban J connectivity index is 2.22. The van der Waals surface area contributed by atoms with Crippen molar-refractivity contribution in [1.29, 1.82) is 0 Å². The lowest BCUT2D eigenvalue weighted by atomic mass is 10.1. The first kappa shape index (κ1) is 13.6. The first-order valence-electron chi connectivity index (χ1n) is 6.44. The minimum atomic E-state index is -0.0144. The van der Waals surface area contributed by atoms with Gasteiger partial charge in [-0.15, -0.1) is 0 Å². The second kappa shape index (κ2) is 5.87. The van der Waals surface area contributed by atoms with Gasteiger partial charge in [-0.05, 0) is 19.8 Å². The average Bonchev–Trinajstić information content (AvgIpc) is 2.56. The maximum absolute atomic E-state index is 12.5. The van der Waals surface area contributed by atoms with E-state index in [9.17, 15) is 4.79 Å². The number of halogens is 1. The number of hydrogen-bond donors (Lipinski definition) is 0. The highest BCUT2D eigenvalue weighted by molar-refractivity contribution is 9.09. The normalized spacial score (nSPS) is 20.8. The molecule has 0 saturated carbocycles. The smallest absolute Gasteiger partial charge is 0.291 e. The summed E-state index contributed by atoms with van der Waals surface area (Å²) in [6.45, 7) is 4.41. The molecule has 0 bridgehead atoms. The van der Waals surface area contributed by atoms with Crippen molar-refractivity contribution in [3.63, 3.8) is 0 Å². The van der Waals surface area contributed by atoms with Gasteiger partial charge in [0.2, 0.25) is 5.76 Å². The van der Waals surface area contributed by atoms with Crippen molar-refractivity contribution in [2.75, 3.05) is 11.9 Å². The van der Waals surface area contributed by atoms with Crippen LogP contribution >= 0.6 is 15.9 Å². The van der Waals surface area contributed by atoms with Crippen LogP contribution in [0.2, 0.25) is 0 Å². The SMILES string of the molecule is Cc1nc(C)c(C(=O)N2CCCCCC2CBr)o1. The van der Waals surface area contributed by atoms with Crippen LogP contribution in [0.3, 0.4) is 0 Å². The number of aromatic nitrogens is 1. The number of hydrogen-bond acceptors (Lipinski definition) is 3. The van der Waals surface area contributed by atoms with Gasteiger partial charge in [0.05, 0.1) is 5.69 Å². The van der Waals surface area contributed by atoms with Crippen molar-refractivity contribution >= 4 is 21.8 Å². The summed E-state index contributed by atoms with van der Waals surface area (Å²) in [7, 11) is 0. The molecule has 2 heterocycles. The van der Waals surface area contributed by atoms with Crippen LogP contribution in [-0.2, 0) is 0 Å². The zero-order valence-electron chi connectivity index (χ0n) is 10.9. The fourth-order valence-electron chi connectivity index (χ4n) is 2.47. The van der Waals surface area contributed by atoms with Crippen molar-refractivity contribution in [3.05, 3.63) is 17.3 Å². The minimum Gasteiger partial charge on any atom is -0.436 e. The Kier molecular flexibility index (Phi) is 4.43. The fraction of sp³-hybridized carbons (Fsp3) is 0.692. The molecule has 100 valence electrons. The molecule has 0 N–H and O–H groups in total. The Labute approximate surface area is 116 Å². The number of nitrogens with zero attached hydrogens (tertiary/aromatic N) is 2. The van der Waals surface area contributed by atoms with Gasteiger partial charge in [-0.2, -0.15) is 0 Å². The molecule has 0 spiro atoms. The minimum absolute atomic E-state index is 0.0144. The number of likely N-dealkylation sites (tertiary alicyclic amines) is 1. The van der Waals surface area contributed by atoms with Gasteiger partial charge in [-0.25, -0.2) is 4.98 Å². The third-order valence-corrected chi connectivity index (χ3v) is 4.16. The first-order valence-corrected chi connectivity index (χ1v) is 7.56. The topological polar surface area (TPSA) is 46.3 Å². The van der Waals surface area contributed by atoms with Crippen LogP contribution in [0.1, 0.15) is 47.8 Å². The molecule has 0 radical (unpaired) electrons. The number of aryl methyl sites for hydroxylation is 2. The molecule has 0 aromatic carbocycles. The van der Waals surface area contributed by atoms with Crippen LogP contribution < -0.4 is 0 Å². The molecule has 1 aromatic heterocycles. The van der Waals surface area contributed by atoms with E-state index in [-0.39, 0.29) is 11.9 Å². The van der Waals surface area contributed by atoms with Crippen LogP contribution in [0.4, 0.5) is 0 Å². The van der Waals surface area contributed by atoms with Crippen molar-refractivity contribution in [3.8, 4) is 0 Å². The Morgan fingerprint density at radius 3 is 2.83 bits per heavy atom. The summed E-state index contributed by atoms with van der Waals surface area (Å²) < 4.78 is 5.45. The summed E-state index contributed by atoms with van der Waals surface area (Å²) in [6.07, 6.45) is 4.51. The highest BCUT2D eigenvalue weighted by Gasteiger charge is 2.29. The average molecular weight is 315 g/mol. The Bertz CT molecular complexity index is 431. The third-order valence-electron chi connectivity index (χ3n) is 3.41. The van der Waals surface area contributed by atoms with Crippen LogP contribution in [0, 0.1) is 13.8 Å². The van der Waals surface area contributed by atoms with Crippen molar-refractivity contribution < 1.29 is 9.21 Å². The van der Waals surface area contributed by atoms with Crippen LogP contribution in [0.15, 0.2) is 4.42 Å². The molecule has 5 heteroatoms. The van der Waals surface area contributed by atoms with Gasteiger partial charge in [-0.3, -0.25) is 4.79 Å². The second-order valence-corrected chi connectivity index (χ2v) is 5.45. The number of carbonyl (C=O) groups is 1. The lowest BCUT2D eigenvalue weighted by Crippen LogP contribution is -2.41. The molecule has 4 nitrogen and oxygen atoms in total. The van der Waals surface area contributed by atoms with E-state index in [0.29, 0.717) is 17.3 Å². The van der Waals surface area contributed by atoms with E-state index in [1.54, 1.807) is 6.92 Å². The lowest BCUT2D eigenvalue weighted by molar-refractivity contribution is 0.0667. The molecule has 1 atom stereocenters. The van der Waals surface area contributed by atoms with Crippen LogP contribution in [0.5, 0.6) is 0 Å². The van der Waals surface area contributed by atoms with Crippen molar-refractivity contribution in [2.45, 2.75) is 45.6 Å². The highest BCUT2D eigenvalue weighted by Crippen LogP contribution is 2.22. The summed E-state index contributed by atoms with van der Waals surface area (Å²) >= 11 is 3.51. The monoisotopic (exact) mass is 314 g/mol. The largest absolute Gasteiger partial charge is 0.436 e. The Morgan fingerprint density at radius 2 is 2.22 bits per heavy atom. The molecule has 1 fully saturated rings. The number of alkyl halides is 1. The summed E-state index contributed by atoms with van der Waals surface area (Å²) in [4.78, 5) is 18.6. The van der Waals surface area contributed by atoms with E-state index in [0.717, 1.165) is 24.7 Å². The zero-order chi connectivity index (χ0) is 13.1. The summed E-state index contributed by atoms with van der Waals surface area (Å²) in [5.74, 6) is 0.945. The van der Waals surface area contributed by atoms with Gasteiger partial charge in [0, 0.05) is 24.8 Å². The highest BCUT2D eigenvalue weighted by atomic mass is 79.9. The van der Waals surface area contributed by atoms with E-state index in [2.05, 4.69) is 20.9 Å². The molecule has 1 amide bonds. The molecule has 0 aliphatic carbocycles. The predicted molar refractivity (Wildman–Crippen MR) is 73.1 cm³/mol. The number of carbonyl (C=O) groups excluding carboxylic acids is 1. The van der Waals surface area contributed by atoms with E-state index in [1.165, 1.54) is 12.8 Å². The van der Waals surface area contributed by atoms with Crippen molar-refractivity contribution in [1.82, 2.24) is 9.88 Å². The predicted octanol–water partition coefficient (Wildman–Crippen LogP) is 3.07. The van der Waals surface area contributed by atoms with E-state index in [1.807, 2.05) is 11.8 Å². The Hall–Kier alpha value is -0.840. The third kappa shape index (κ3) is 2.76. The van der Waals surface area contributed by atoms with Crippen molar-refractivity contribution in [2.24, 2.45) is 0 Å². The molecule has 1 aromatic rings. The number of rotatable bonds is 2. The molecule has 1 unspecified atom stereocenters. The van der Waals surface area contributed by atoms with E-state index < -0.39 is 0 Å². The molecule has 1 saturated heterocycles. The molecule has 2 rings (SSSR count).